The summed E-state index contributed by atoms with van der Waals surface area (Å²) < 4.78 is 0. The van der Waals surface area contributed by atoms with Crippen LogP contribution in [-0.4, -0.2) is 42.6 Å². The Morgan fingerprint density at radius 3 is 2.09 bits per heavy atom. The number of rotatable bonds is 7. The van der Waals surface area contributed by atoms with E-state index < -0.39 is 5.54 Å². The topological polar surface area (TPSA) is 35.6 Å². The van der Waals surface area contributed by atoms with Gasteiger partial charge in [-0.15, -0.1) is 0 Å². The van der Waals surface area contributed by atoms with Crippen molar-refractivity contribution in [3.8, 4) is 0 Å². The van der Waals surface area contributed by atoms with Crippen molar-refractivity contribution in [2.45, 2.75) is 51.0 Å². The number of hydrogen-bond acceptors (Lipinski definition) is 3. The number of nitrogens with one attached hydrogen (secondary N) is 1. The van der Waals surface area contributed by atoms with Gasteiger partial charge in [0.15, 0.2) is 0 Å². The van der Waals surface area contributed by atoms with E-state index in [0.29, 0.717) is 12.6 Å². The molecule has 1 spiro atoms. The van der Waals surface area contributed by atoms with Crippen molar-refractivity contribution in [3.05, 3.63) is 101 Å². The van der Waals surface area contributed by atoms with Crippen LogP contribution in [0.4, 0.5) is 5.69 Å². The summed E-state index contributed by atoms with van der Waals surface area (Å²) in [5, 5.41) is 3.12. The van der Waals surface area contributed by atoms with Crippen molar-refractivity contribution in [2.75, 3.05) is 31.2 Å². The Balaban J connectivity index is 1.23. The summed E-state index contributed by atoms with van der Waals surface area (Å²) in [6, 6.07) is 28.3. The first-order chi connectivity index (χ1) is 17.0. The maximum atomic E-state index is 12.9. The van der Waals surface area contributed by atoms with Crippen LogP contribution in [0.25, 0.3) is 0 Å². The summed E-state index contributed by atoms with van der Waals surface area (Å²) in [5.74, 6) is 0.611. The minimum Gasteiger partial charge on any atom is -0.339 e. The molecule has 2 heterocycles. The van der Waals surface area contributed by atoms with Crippen molar-refractivity contribution in [1.29, 1.82) is 0 Å². The number of benzene rings is 3. The lowest BCUT2D eigenvalue weighted by molar-refractivity contribution is -0.125. The first kappa shape index (κ1) is 23.6. The van der Waals surface area contributed by atoms with E-state index in [-0.39, 0.29) is 5.91 Å². The zero-order valence-electron chi connectivity index (χ0n) is 21.0. The maximum absolute atomic E-state index is 12.9. The van der Waals surface area contributed by atoms with Gasteiger partial charge in [0.25, 0.3) is 0 Å². The van der Waals surface area contributed by atoms with Gasteiger partial charge in [-0.05, 0) is 69.3 Å². The summed E-state index contributed by atoms with van der Waals surface area (Å²) in [6.07, 6.45) is 4.04. The van der Waals surface area contributed by atoms with Gasteiger partial charge in [0.2, 0.25) is 5.91 Å². The highest BCUT2D eigenvalue weighted by molar-refractivity contribution is 5.93. The molecule has 0 aliphatic carbocycles. The van der Waals surface area contributed by atoms with Crippen LogP contribution in [0.2, 0.25) is 0 Å². The summed E-state index contributed by atoms with van der Waals surface area (Å²) in [7, 11) is 0. The normalized spacial score (nSPS) is 17.8. The number of anilines is 1. The predicted molar refractivity (Wildman–Crippen MR) is 144 cm³/mol. The Kier molecular flexibility index (Phi) is 6.92. The van der Waals surface area contributed by atoms with Gasteiger partial charge in [-0.2, -0.15) is 0 Å². The van der Waals surface area contributed by atoms with Gasteiger partial charge in [-0.3, -0.25) is 4.79 Å². The number of carbonyl (C=O) groups excluding carboxylic acids is 1. The zero-order chi connectivity index (χ0) is 24.3. The van der Waals surface area contributed by atoms with Crippen LogP contribution < -0.4 is 10.2 Å². The van der Waals surface area contributed by atoms with Gasteiger partial charge in [-0.1, -0.05) is 77.9 Å². The SMILES string of the molecule is Cc1cccc(C(CCCN2CCC3(CC2)C(=O)NCN3c2ccccc2)c2cccc(C)c2)c1. The number of likely N-dealkylation sites (tertiary alicyclic amines) is 1. The maximum Gasteiger partial charge on any atom is 0.247 e. The number of hydrogen-bond donors (Lipinski definition) is 1. The molecule has 182 valence electrons. The molecule has 35 heavy (non-hydrogen) atoms. The molecule has 0 radical (unpaired) electrons. The molecule has 4 nitrogen and oxygen atoms in total. The Morgan fingerprint density at radius 1 is 0.857 bits per heavy atom. The minimum absolute atomic E-state index is 0.194. The Morgan fingerprint density at radius 2 is 1.49 bits per heavy atom. The zero-order valence-corrected chi connectivity index (χ0v) is 21.0. The molecule has 4 heteroatoms. The number of piperidine rings is 1. The molecule has 2 fully saturated rings. The summed E-state index contributed by atoms with van der Waals surface area (Å²) >= 11 is 0. The van der Waals surface area contributed by atoms with Gasteiger partial charge in [0, 0.05) is 24.7 Å². The minimum atomic E-state index is -0.399. The van der Waals surface area contributed by atoms with Crippen LogP contribution in [0.3, 0.4) is 0 Å². The molecule has 0 atom stereocenters. The molecule has 3 aromatic carbocycles. The first-order valence-corrected chi connectivity index (χ1v) is 13.0. The highest BCUT2D eigenvalue weighted by Gasteiger charge is 2.50. The van der Waals surface area contributed by atoms with Gasteiger partial charge >= 0.3 is 0 Å². The molecule has 3 aromatic rings. The van der Waals surface area contributed by atoms with Crippen LogP contribution in [0, 0.1) is 13.8 Å². The van der Waals surface area contributed by atoms with Crippen molar-refractivity contribution in [2.24, 2.45) is 0 Å². The molecule has 2 aliphatic heterocycles. The van der Waals surface area contributed by atoms with Crippen LogP contribution in [0.15, 0.2) is 78.9 Å². The monoisotopic (exact) mass is 467 g/mol. The molecule has 0 bridgehead atoms. The number of carbonyl (C=O) groups is 1. The van der Waals surface area contributed by atoms with E-state index in [9.17, 15) is 4.79 Å². The van der Waals surface area contributed by atoms with Gasteiger partial charge in [0.1, 0.15) is 5.54 Å². The highest BCUT2D eigenvalue weighted by Crippen LogP contribution is 2.36. The average Bonchev–Trinajstić information content (AvgIpc) is 3.18. The fourth-order valence-corrected chi connectivity index (χ4v) is 6.00. The van der Waals surface area contributed by atoms with Gasteiger partial charge in [-0.25, -0.2) is 0 Å². The fraction of sp³-hybridized carbons (Fsp3) is 0.387. The highest BCUT2D eigenvalue weighted by atomic mass is 16.2. The number of nitrogens with zero attached hydrogens (tertiary/aromatic N) is 2. The summed E-state index contributed by atoms with van der Waals surface area (Å²) in [5.41, 5.74) is 6.20. The lowest BCUT2D eigenvalue weighted by Gasteiger charge is -2.43. The Hall–Kier alpha value is -3.11. The second-order valence-corrected chi connectivity index (χ2v) is 10.3. The Bertz CT molecular complexity index is 1110. The van der Waals surface area contributed by atoms with Crippen molar-refractivity contribution < 1.29 is 4.79 Å². The standard InChI is InChI=1S/C31H37N3O/c1-24-9-6-11-26(21-24)29(27-12-7-10-25(2)22-27)15-8-18-33-19-16-31(17-20-33)30(35)32-23-34(31)28-13-4-3-5-14-28/h3-7,9-14,21-22,29H,8,15-20,23H2,1-2H3,(H,32,35). The predicted octanol–water partition coefficient (Wildman–Crippen LogP) is 5.64. The smallest absolute Gasteiger partial charge is 0.247 e. The van der Waals surface area contributed by atoms with E-state index in [2.05, 4.69) is 102 Å². The summed E-state index contributed by atoms with van der Waals surface area (Å²) in [4.78, 5) is 17.8. The van der Waals surface area contributed by atoms with Crippen molar-refractivity contribution in [1.82, 2.24) is 10.2 Å². The molecule has 1 amide bonds. The second-order valence-electron chi connectivity index (χ2n) is 10.3. The van der Waals surface area contributed by atoms with E-state index in [1.807, 2.05) is 6.07 Å². The third-order valence-corrected chi connectivity index (χ3v) is 7.94. The van der Waals surface area contributed by atoms with Crippen molar-refractivity contribution in [3.63, 3.8) is 0 Å². The van der Waals surface area contributed by atoms with E-state index in [4.69, 9.17) is 0 Å². The van der Waals surface area contributed by atoms with Crippen molar-refractivity contribution >= 4 is 11.6 Å². The van der Waals surface area contributed by atoms with E-state index in [0.717, 1.165) is 51.0 Å². The number of para-hydroxylation sites is 1. The molecule has 5 rings (SSSR count). The number of amides is 1. The van der Waals surface area contributed by atoms with Gasteiger partial charge < -0.3 is 15.1 Å². The Labute approximate surface area is 210 Å². The van der Waals surface area contributed by atoms with Crippen LogP contribution >= 0.6 is 0 Å². The molecule has 0 unspecified atom stereocenters. The summed E-state index contributed by atoms with van der Waals surface area (Å²) in [6.45, 7) is 7.98. The third kappa shape index (κ3) is 4.99. The van der Waals surface area contributed by atoms with E-state index in [1.54, 1.807) is 0 Å². The van der Waals surface area contributed by atoms with Crippen LogP contribution in [0.1, 0.15) is 53.9 Å². The largest absolute Gasteiger partial charge is 0.339 e. The number of aryl methyl sites for hydroxylation is 2. The molecule has 0 aromatic heterocycles. The van der Waals surface area contributed by atoms with Gasteiger partial charge in [0.05, 0.1) is 6.67 Å². The first-order valence-electron chi connectivity index (χ1n) is 13.0. The van der Waals surface area contributed by atoms with E-state index in [1.165, 1.54) is 22.3 Å². The third-order valence-electron chi connectivity index (χ3n) is 7.94. The lowest BCUT2D eigenvalue weighted by atomic mass is 9.84. The second kappa shape index (κ2) is 10.2. The average molecular weight is 468 g/mol. The fourth-order valence-electron chi connectivity index (χ4n) is 6.00. The molecule has 0 saturated carbocycles. The molecule has 1 N–H and O–H groups in total. The lowest BCUT2D eigenvalue weighted by Crippen LogP contribution is -2.56. The molecular formula is C31H37N3O. The van der Waals surface area contributed by atoms with Crippen LogP contribution in [-0.2, 0) is 4.79 Å². The molecule has 2 aliphatic rings. The molecular weight excluding hydrogens is 430 g/mol. The van der Waals surface area contributed by atoms with Crippen LogP contribution in [0.5, 0.6) is 0 Å². The quantitative estimate of drug-likeness (QED) is 0.488. The molecule has 2 saturated heterocycles. The van der Waals surface area contributed by atoms with E-state index >= 15 is 0 Å².